The Morgan fingerprint density at radius 1 is 1.44 bits per heavy atom. The van der Waals surface area contributed by atoms with Crippen molar-refractivity contribution in [3.05, 3.63) is 47.2 Å². The summed E-state index contributed by atoms with van der Waals surface area (Å²) < 4.78 is 5.26. The third-order valence-corrected chi connectivity index (χ3v) is 2.76. The van der Waals surface area contributed by atoms with E-state index >= 15 is 0 Å². The van der Waals surface area contributed by atoms with E-state index in [1.165, 1.54) is 0 Å². The van der Waals surface area contributed by atoms with Crippen LogP contribution in [0.4, 0.5) is 5.69 Å². The fourth-order valence-corrected chi connectivity index (χ4v) is 1.83. The number of aryl methyl sites for hydroxylation is 2. The van der Waals surface area contributed by atoms with Crippen molar-refractivity contribution in [1.82, 2.24) is 4.98 Å². The first kappa shape index (κ1) is 12.6. The van der Waals surface area contributed by atoms with Gasteiger partial charge in [-0.25, -0.2) is 4.98 Å². The van der Waals surface area contributed by atoms with Gasteiger partial charge in [-0.15, -0.1) is 11.6 Å². The summed E-state index contributed by atoms with van der Waals surface area (Å²) in [7, 11) is 0. The van der Waals surface area contributed by atoms with Gasteiger partial charge in [-0.1, -0.05) is 12.1 Å². The first-order valence-corrected chi connectivity index (χ1v) is 6.04. The summed E-state index contributed by atoms with van der Waals surface area (Å²) in [6, 6.07) is 7.36. The van der Waals surface area contributed by atoms with Gasteiger partial charge >= 0.3 is 0 Å². The van der Waals surface area contributed by atoms with Gasteiger partial charge in [-0.05, 0) is 24.6 Å². The number of nitrogens with zero attached hydrogens (tertiary/aromatic N) is 1. The Balaban J connectivity index is 2.18. The number of benzene rings is 1. The molecule has 2 aromatic rings. The highest BCUT2D eigenvalue weighted by Crippen LogP contribution is 2.15. The van der Waals surface area contributed by atoms with Gasteiger partial charge in [0, 0.05) is 18.5 Å². The highest BCUT2D eigenvalue weighted by molar-refractivity contribution is 6.17. The maximum Gasteiger partial charge on any atom is 0.293 e. The molecule has 1 heterocycles. The predicted octanol–water partition coefficient (Wildman–Crippen LogP) is 3.28. The number of halogens is 1. The van der Waals surface area contributed by atoms with Gasteiger partial charge in [0.2, 0.25) is 5.76 Å². The SMILES string of the molecule is Cc1nc(C)c(C(=O)Nc2cccc(CCl)c2)o1. The quantitative estimate of drug-likeness (QED) is 0.866. The summed E-state index contributed by atoms with van der Waals surface area (Å²) >= 11 is 5.74. The molecular weight excluding hydrogens is 252 g/mol. The molecule has 2 rings (SSSR count). The fourth-order valence-electron chi connectivity index (χ4n) is 1.66. The molecule has 94 valence electrons. The van der Waals surface area contributed by atoms with Crippen molar-refractivity contribution in [3.63, 3.8) is 0 Å². The van der Waals surface area contributed by atoms with E-state index in [1.807, 2.05) is 18.2 Å². The van der Waals surface area contributed by atoms with Crippen LogP contribution >= 0.6 is 11.6 Å². The van der Waals surface area contributed by atoms with Crippen LogP contribution in [0.15, 0.2) is 28.7 Å². The number of alkyl halides is 1. The Morgan fingerprint density at radius 2 is 2.22 bits per heavy atom. The van der Waals surface area contributed by atoms with Crippen LogP contribution in [0.2, 0.25) is 0 Å². The average molecular weight is 265 g/mol. The molecule has 1 aromatic carbocycles. The highest BCUT2D eigenvalue weighted by atomic mass is 35.5. The van der Waals surface area contributed by atoms with E-state index < -0.39 is 0 Å². The molecule has 0 aliphatic rings. The van der Waals surface area contributed by atoms with Crippen LogP contribution in [-0.4, -0.2) is 10.9 Å². The molecule has 0 saturated heterocycles. The van der Waals surface area contributed by atoms with Crippen molar-refractivity contribution in [3.8, 4) is 0 Å². The predicted molar refractivity (Wildman–Crippen MR) is 69.9 cm³/mol. The number of anilines is 1. The summed E-state index contributed by atoms with van der Waals surface area (Å²) in [6.45, 7) is 3.44. The van der Waals surface area contributed by atoms with Gasteiger partial charge in [0.15, 0.2) is 5.89 Å². The van der Waals surface area contributed by atoms with Gasteiger partial charge in [-0.2, -0.15) is 0 Å². The zero-order valence-corrected chi connectivity index (χ0v) is 10.9. The molecule has 0 atom stereocenters. The number of aromatic nitrogens is 1. The fraction of sp³-hybridized carbons (Fsp3) is 0.231. The lowest BCUT2D eigenvalue weighted by atomic mass is 10.2. The second kappa shape index (κ2) is 5.23. The lowest BCUT2D eigenvalue weighted by Crippen LogP contribution is -2.12. The lowest BCUT2D eigenvalue weighted by molar-refractivity contribution is 0.0994. The summed E-state index contributed by atoms with van der Waals surface area (Å²) in [5, 5.41) is 2.76. The van der Waals surface area contributed by atoms with E-state index in [4.69, 9.17) is 16.0 Å². The number of hydrogen-bond donors (Lipinski definition) is 1. The molecule has 1 aromatic heterocycles. The van der Waals surface area contributed by atoms with E-state index in [0.29, 0.717) is 23.2 Å². The Bertz CT molecular complexity index is 578. The third kappa shape index (κ3) is 2.71. The normalized spacial score (nSPS) is 10.4. The van der Waals surface area contributed by atoms with Crippen LogP contribution in [0.3, 0.4) is 0 Å². The van der Waals surface area contributed by atoms with E-state index in [1.54, 1.807) is 19.9 Å². The van der Waals surface area contributed by atoms with Gasteiger partial charge in [0.05, 0.1) is 5.69 Å². The van der Waals surface area contributed by atoms with Crippen molar-refractivity contribution in [2.45, 2.75) is 19.7 Å². The van der Waals surface area contributed by atoms with E-state index in [0.717, 1.165) is 5.56 Å². The smallest absolute Gasteiger partial charge is 0.293 e. The molecule has 0 fully saturated rings. The number of rotatable bonds is 3. The molecule has 1 N–H and O–H groups in total. The molecule has 0 radical (unpaired) electrons. The second-order valence-corrected chi connectivity index (χ2v) is 4.20. The highest BCUT2D eigenvalue weighted by Gasteiger charge is 2.15. The van der Waals surface area contributed by atoms with Crippen LogP contribution in [0.1, 0.15) is 27.7 Å². The monoisotopic (exact) mass is 264 g/mol. The second-order valence-electron chi connectivity index (χ2n) is 3.94. The molecule has 4 nitrogen and oxygen atoms in total. The van der Waals surface area contributed by atoms with Crippen LogP contribution < -0.4 is 5.32 Å². The van der Waals surface area contributed by atoms with E-state index in [-0.39, 0.29) is 11.7 Å². The van der Waals surface area contributed by atoms with Crippen LogP contribution in [0, 0.1) is 13.8 Å². The molecule has 1 amide bonds. The van der Waals surface area contributed by atoms with E-state index in [2.05, 4.69) is 10.3 Å². The summed E-state index contributed by atoms with van der Waals surface area (Å²) in [6.07, 6.45) is 0. The largest absolute Gasteiger partial charge is 0.436 e. The summed E-state index contributed by atoms with van der Waals surface area (Å²) in [4.78, 5) is 16.0. The number of hydrogen-bond acceptors (Lipinski definition) is 3. The van der Waals surface area contributed by atoms with Gasteiger partial charge < -0.3 is 9.73 Å². The molecule has 0 bridgehead atoms. The van der Waals surface area contributed by atoms with E-state index in [9.17, 15) is 4.79 Å². The molecule has 0 saturated carbocycles. The lowest BCUT2D eigenvalue weighted by Gasteiger charge is -2.04. The van der Waals surface area contributed by atoms with Gasteiger partial charge in [-0.3, -0.25) is 4.79 Å². The minimum atomic E-state index is -0.306. The van der Waals surface area contributed by atoms with Crippen LogP contribution in [0.25, 0.3) is 0 Å². The minimum absolute atomic E-state index is 0.240. The molecule has 0 spiro atoms. The van der Waals surface area contributed by atoms with Crippen molar-refractivity contribution >= 4 is 23.2 Å². The number of nitrogens with one attached hydrogen (secondary N) is 1. The zero-order valence-electron chi connectivity index (χ0n) is 10.2. The van der Waals surface area contributed by atoms with Crippen LogP contribution in [-0.2, 0) is 5.88 Å². The Hall–Kier alpha value is -1.81. The van der Waals surface area contributed by atoms with Crippen molar-refractivity contribution in [1.29, 1.82) is 0 Å². The molecule has 5 heteroatoms. The van der Waals surface area contributed by atoms with Gasteiger partial charge in [0.1, 0.15) is 0 Å². The molecule has 0 unspecified atom stereocenters. The third-order valence-electron chi connectivity index (χ3n) is 2.45. The minimum Gasteiger partial charge on any atom is -0.436 e. The first-order chi connectivity index (χ1) is 8.60. The number of oxazole rings is 1. The topological polar surface area (TPSA) is 55.1 Å². The van der Waals surface area contributed by atoms with Gasteiger partial charge in [0.25, 0.3) is 5.91 Å². The number of carbonyl (C=O) groups excluding carboxylic acids is 1. The first-order valence-electron chi connectivity index (χ1n) is 5.50. The number of amides is 1. The standard InChI is InChI=1S/C13H13ClN2O2/c1-8-12(18-9(2)15-8)13(17)16-11-5-3-4-10(6-11)7-14/h3-6H,7H2,1-2H3,(H,16,17). The average Bonchev–Trinajstić information content (AvgIpc) is 2.69. The Kier molecular flexibility index (Phi) is 3.67. The van der Waals surface area contributed by atoms with Crippen molar-refractivity contribution < 1.29 is 9.21 Å². The molecule has 0 aliphatic heterocycles. The molecular formula is C13H13ClN2O2. The van der Waals surface area contributed by atoms with Crippen molar-refractivity contribution in [2.75, 3.05) is 5.32 Å². The molecule has 0 aliphatic carbocycles. The summed E-state index contributed by atoms with van der Waals surface area (Å²) in [5.41, 5.74) is 2.21. The summed E-state index contributed by atoms with van der Waals surface area (Å²) in [5.74, 6) is 0.820. The number of carbonyl (C=O) groups is 1. The Labute approximate surface area is 110 Å². The van der Waals surface area contributed by atoms with Crippen LogP contribution in [0.5, 0.6) is 0 Å². The molecule has 18 heavy (non-hydrogen) atoms. The Morgan fingerprint density at radius 3 is 2.83 bits per heavy atom. The van der Waals surface area contributed by atoms with Crippen molar-refractivity contribution in [2.24, 2.45) is 0 Å². The maximum atomic E-state index is 12.0. The maximum absolute atomic E-state index is 12.0. The zero-order chi connectivity index (χ0) is 13.1.